The molecule has 2 heterocycles. The minimum absolute atomic E-state index is 0.0503. The highest BCUT2D eigenvalue weighted by Gasteiger charge is 2.35. The maximum atomic E-state index is 12.8. The van der Waals surface area contributed by atoms with Crippen LogP contribution in [0.3, 0.4) is 0 Å². The first-order valence-electron chi connectivity index (χ1n) is 8.41. The summed E-state index contributed by atoms with van der Waals surface area (Å²) in [7, 11) is 1.82. The van der Waals surface area contributed by atoms with Crippen molar-refractivity contribution in [2.75, 3.05) is 25.0 Å². The van der Waals surface area contributed by atoms with Gasteiger partial charge in [-0.05, 0) is 37.8 Å². The van der Waals surface area contributed by atoms with Gasteiger partial charge in [-0.3, -0.25) is 9.78 Å². The first-order chi connectivity index (χ1) is 11.4. The predicted octanol–water partition coefficient (Wildman–Crippen LogP) is 3.33. The van der Waals surface area contributed by atoms with Gasteiger partial charge in [-0.1, -0.05) is 6.42 Å². The van der Waals surface area contributed by atoms with E-state index in [0.29, 0.717) is 18.8 Å². The molecular formula is C17H22F3N3O. The van der Waals surface area contributed by atoms with E-state index < -0.39 is 11.9 Å². The zero-order valence-electron chi connectivity index (χ0n) is 13.7. The SMILES string of the molecule is CN(C(=O)C1CCC1)C1CCCN(c2ccnc(C(F)(F)F)c2)C1. The summed E-state index contributed by atoms with van der Waals surface area (Å²) in [5.41, 5.74) is -0.354. The number of hydrogen-bond donors (Lipinski definition) is 0. The molecule has 0 N–H and O–H groups in total. The van der Waals surface area contributed by atoms with E-state index in [1.807, 2.05) is 16.8 Å². The standard InChI is InChI=1S/C17H22F3N3O/c1-22(16(24)12-4-2-5-12)14-6-3-9-23(11-14)13-7-8-21-15(10-13)17(18,19)20/h7-8,10,12,14H,2-6,9,11H2,1H3. The molecule has 2 fully saturated rings. The van der Waals surface area contributed by atoms with Gasteiger partial charge in [-0.15, -0.1) is 0 Å². The van der Waals surface area contributed by atoms with E-state index in [2.05, 4.69) is 4.98 Å². The second-order valence-electron chi connectivity index (χ2n) is 6.72. The van der Waals surface area contributed by atoms with Crippen LogP contribution in [0, 0.1) is 5.92 Å². The Balaban J connectivity index is 1.70. The minimum Gasteiger partial charge on any atom is -0.369 e. The number of rotatable bonds is 3. The fraction of sp³-hybridized carbons (Fsp3) is 0.647. The molecule has 4 nitrogen and oxygen atoms in total. The van der Waals surface area contributed by atoms with Gasteiger partial charge in [0.05, 0.1) is 0 Å². The molecule has 0 aromatic carbocycles. The zero-order valence-corrected chi connectivity index (χ0v) is 13.7. The molecule has 1 aliphatic carbocycles. The number of halogens is 3. The van der Waals surface area contributed by atoms with Gasteiger partial charge in [0.2, 0.25) is 5.91 Å². The van der Waals surface area contributed by atoms with E-state index in [4.69, 9.17) is 0 Å². The Morgan fingerprint density at radius 2 is 2.04 bits per heavy atom. The highest BCUT2D eigenvalue weighted by molar-refractivity contribution is 5.79. The minimum atomic E-state index is -4.44. The molecule has 0 bridgehead atoms. The summed E-state index contributed by atoms with van der Waals surface area (Å²) in [6, 6.07) is 2.75. The quantitative estimate of drug-likeness (QED) is 0.846. The lowest BCUT2D eigenvalue weighted by Gasteiger charge is -2.41. The number of aromatic nitrogens is 1. The topological polar surface area (TPSA) is 36.4 Å². The fourth-order valence-corrected chi connectivity index (χ4v) is 3.40. The van der Waals surface area contributed by atoms with Crippen molar-refractivity contribution in [2.45, 2.75) is 44.3 Å². The van der Waals surface area contributed by atoms with Crippen molar-refractivity contribution in [3.63, 3.8) is 0 Å². The molecule has 7 heteroatoms. The number of likely N-dealkylation sites (N-methyl/N-ethyl adjacent to an activating group) is 1. The maximum absolute atomic E-state index is 12.8. The molecule has 1 aromatic rings. The van der Waals surface area contributed by atoms with Gasteiger partial charge in [-0.25, -0.2) is 0 Å². The van der Waals surface area contributed by atoms with Crippen molar-refractivity contribution in [2.24, 2.45) is 5.92 Å². The van der Waals surface area contributed by atoms with Crippen LogP contribution in [0.5, 0.6) is 0 Å². The third-order valence-corrected chi connectivity index (χ3v) is 5.15. The predicted molar refractivity (Wildman–Crippen MR) is 84.6 cm³/mol. The average Bonchev–Trinajstić information content (AvgIpc) is 2.52. The van der Waals surface area contributed by atoms with Crippen molar-refractivity contribution in [3.05, 3.63) is 24.0 Å². The summed E-state index contributed by atoms with van der Waals surface area (Å²) in [5.74, 6) is 0.321. The molecule has 0 radical (unpaired) electrons. The number of nitrogens with zero attached hydrogens (tertiary/aromatic N) is 3. The van der Waals surface area contributed by atoms with Crippen molar-refractivity contribution < 1.29 is 18.0 Å². The molecular weight excluding hydrogens is 319 g/mol. The van der Waals surface area contributed by atoms with Gasteiger partial charge >= 0.3 is 6.18 Å². The van der Waals surface area contributed by atoms with Gasteiger partial charge < -0.3 is 9.80 Å². The molecule has 1 unspecified atom stereocenters. The normalized spacial score (nSPS) is 22.2. The van der Waals surface area contributed by atoms with Gasteiger partial charge in [0.1, 0.15) is 5.69 Å². The van der Waals surface area contributed by atoms with Gasteiger partial charge in [-0.2, -0.15) is 13.2 Å². The van der Waals surface area contributed by atoms with Gasteiger partial charge in [0.25, 0.3) is 0 Å². The molecule has 1 saturated carbocycles. The Morgan fingerprint density at radius 3 is 2.67 bits per heavy atom. The van der Waals surface area contributed by atoms with Crippen LogP contribution in [-0.4, -0.2) is 42.0 Å². The lowest BCUT2D eigenvalue weighted by Crippen LogP contribution is -2.50. The van der Waals surface area contributed by atoms with Crippen LogP contribution in [0.15, 0.2) is 18.3 Å². The summed E-state index contributed by atoms with van der Waals surface area (Å²) in [5, 5.41) is 0. The largest absolute Gasteiger partial charge is 0.433 e. The summed E-state index contributed by atoms with van der Waals surface area (Å²) >= 11 is 0. The van der Waals surface area contributed by atoms with Crippen LogP contribution in [-0.2, 0) is 11.0 Å². The number of carbonyl (C=O) groups is 1. The Morgan fingerprint density at radius 1 is 1.29 bits per heavy atom. The van der Waals surface area contributed by atoms with Crippen molar-refractivity contribution in [1.29, 1.82) is 0 Å². The Labute approximate surface area is 139 Å². The lowest BCUT2D eigenvalue weighted by molar-refractivity contribution is -0.141. The molecule has 1 aliphatic heterocycles. The number of amides is 1. The maximum Gasteiger partial charge on any atom is 0.433 e. The van der Waals surface area contributed by atoms with Crippen molar-refractivity contribution in [1.82, 2.24) is 9.88 Å². The Kier molecular flexibility index (Phi) is 4.69. The van der Waals surface area contributed by atoms with E-state index >= 15 is 0 Å². The van der Waals surface area contributed by atoms with E-state index in [1.54, 1.807) is 6.07 Å². The number of alkyl halides is 3. The van der Waals surface area contributed by atoms with Crippen LogP contribution in [0.4, 0.5) is 18.9 Å². The van der Waals surface area contributed by atoms with Crippen molar-refractivity contribution in [3.8, 4) is 0 Å². The molecule has 132 valence electrons. The number of hydrogen-bond acceptors (Lipinski definition) is 3. The molecule has 1 amide bonds. The van der Waals surface area contributed by atoms with Gasteiger partial charge in [0.15, 0.2) is 0 Å². The van der Waals surface area contributed by atoms with Crippen molar-refractivity contribution >= 4 is 11.6 Å². The Bertz CT molecular complexity index is 601. The summed E-state index contributed by atoms with van der Waals surface area (Å²) in [6.07, 6.45) is 1.53. The number of anilines is 1. The molecule has 1 aromatic heterocycles. The molecule has 1 saturated heterocycles. The molecule has 0 spiro atoms. The van der Waals surface area contributed by atoms with E-state index in [-0.39, 0.29) is 17.9 Å². The first kappa shape index (κ1) is 17.0. The fourth-order valence-electron chi connectivity index (χ4n) is 3.40. The highest BCUT2D eigenvalue weighted by atomic mass is 19.4. The summed E-state index contributed by atoms with van der Waals surface area (Å²) < 4.78 is 38.5. The monoisotopic (exact) mass is 341 g/mol. The Hall–Kier alpha value is -1.79. The highest BCUT2D eigenvalue weighted by Crippen LogP contribution is 2.32. The number of piperidine rings is 1. The second-order valence-corrected chi connectivity index (χ2v) is 6.72. The van der Waals surface area contributed by atoms with Gasteiger partial charge in [0, 0.05) is 44.0 Å². The third-order valence-electron chi connectivity index (χ3n) is 5.15. The van der Waals surface area contributed by atoms with Crippen LogP contribution in [0.25, 0.3) is 0 Å². The zero-order chi connectivity index (χ0) is 17.3. The smallest absolute Gasteiger partial charge is 0.369 e. The van der Waals surface area contributed by atoms with Crippen LogP contribution in [0.2, 0.25) is 0 Å². The van der Waals surface area contributed by atoms with Crippen LogP contribution >= 0.6 is 0 Å². The molecule has 1 atom stereocenters. The van der Waals surface area contributed by atoms with Crippen LogP contribution < -0.4 is 4.90 Å². The third kappa shape index (κ3) is 3.49. The molecule has 2 aliphatic rings. The summed E-state index contributed by atoms with van der Waals surface area (Å²) in [6.45, 7) is 1.26. The number of pyridine rings is 1. The average molecular weight is 341 g/mol. The number of carbonyl (C=O) groups excluding carboxylic acids is 1. The van der Waals surface area contributed by atoms with Crippen LogP contribution in [0.1, 0.15) is 37.8 Å². The van der Waals surface area contributed by atoms with E-state index in [9.17, 15) is 18.0 Å². The van der Waals surface area contributed by atoms with E-state index in [0.717, 1.165) is 38.2 Å². The first-order valence-corrected chi connectivity index (χ1v) is 8.41. The second kappa shape index (κ2) is 6.61. The summed E-state index contributed by atoms with van der Waals surface area (Å²) in [4.78, 5) is 19.5. The molecule has 3 rings (SSSR count). The molecule has 24 heavy (non-hydrogen) atoms. The lowest BCUT2D eigenvalue weighted by atomic mass is 9.84. The van der Waals surface area contributed by atoms with E-state index in [1.165, 1.54) is 6.20 Å².